The van der Waals surface area contributed by atoms with E-state index in [4.69, 9.17) is 4.74 Å². The molecule has 0 aliphatic heterocycles. The van der Waals surface area contributed by atoms with Crippen LogP contribution < -0.4 is 10.1 Å². The van der Waals surface area contributed by atoms with Crippen molar-refractivity contribution in [2.24, 2.45) is 5.92 Å². The highest BCUT2D eigenvalue weighted by Gasteiger charge is 2.22. The summed E-state index contributed by atoms with van der Waals surface area (Å²) in [7, 11) is 1.72. The molecule has 0 aromatic heterocycles. The van der Waals surface area contributed by atoms with Crippen molar-refractivity contribution in [3.05, 3.63) is 29.8 Å². The second kappa shape index (κ2) is 9.09. The van der Waals surface area contributed by atoms with Crippen molar-refractivity contribution in [3.8, 4) is 5.75 Å². The van der Waals surface area contributed by atoms with E-state index in [1.54, 1.807) is 7.11 Å². The van der Waals surface area contributed by atoms with Crippen LogP contribution in [0.5, 0.6) is 5.75 Å². The standard InChI is InChI=1S/C19H31NO/c1-3-15-20-19(17-7-5-4-6-8-17)14-11-16-9-12-18(21-2)13-10-16/h9-10,12-13,17,19-20H,3-8,11,14-15H2,1-2H3. The smallest absolute Gasteiger partial charge is 0.118 e. The lowest BCUT2D eigenvalue weighted by atomic mass is 9.81. The van der Waals surface area contributed by atoms with Crippen molar-refractivity contribution in [2.75, 3.05) is 13.7 Å². The summed E-state index contributed by atoms with van der Waals surface area (Å²) in [6.45, 7) is 3.41. The first kappa shape index (κ1) is 16.4. The first-order chi connectivity index (χ1) is 10.3. The summed E-state index contributed by atoms with van der Waals surface area (Å²) in [5.41, 5.74) is 1.43. The van der Waals surface area contributed by atoms with Crippen molar-refractivity contribution >= 4 is 0 Å². The SMILES string of the molecule is CCCNC(CCc1ccc(OC)cc1)C1CCCCC1. The van der Waals surface area contributed by atoms with Gasteiger partial charge in [-0.15, -0.1) is 0 Å². The number of ether oxygens (including phenoxy) is 1. The second-order valence-corrected chi connectivity index (χ2v) is 6.35. The predicted octanol–water partition coefficient (Wildman–Crippen LogP) is 4.58. The number of nitrogens with one attached hydrogen (secondary N) is 1. The second-order valence-electron chi connectivity index (χ2n) is 6.35. The molecule has 1 aliphatic carbocycles. The largest absolute Gasteiger partial charge is 0.497 e. The summed E-state index contributed by atoms with van der Waals surface area (Å²) in [4.78, 5) is 0. The molecular formula is C19H31NO. The van der Waals surface area contributed by atoms with E-state index in [0.29, 0.717) is 6.04 Å². The zero-order valence-electron chi connectivity index (χ0n) is 13.7. The Hall–Kier alpha value is -1.02. The van der Waals surface area contributed by atoms with Crippen molar-refractivity contribution < 1.29 is 4.74 Å². The van der Waals surface area contributed by atoms with Crippen molar-refractivity contribution in [1.82, 2.24) is 5.32 Å². The van der Waals surface area contributed by atoms with Gasteiger partial charge in [-0.3, -0.25) is 0 Å². The molecule has 0 radical (unpaired) electrons. The Balaban J connectivity index is 1.87. The molecule has 2 heteroatoms. The molecule has 1 atom stereocenters. The van der Waals surface area contributed by atoms with Crippen LogP contribution >= 0.6 is 0 Å². The molecule has 1 aliphatic rings. The Labute approximate surface area is 130 Å². The van der Waals surface area contributed by atoms with Crippen LogP contribution in [-0.2, 0) is 6.42 Å². The molecule has 118 valence electrons. The molecule has 0 amide bonds. The normalized spacial score (nSPS) is 17.6. The first-order valence-electron chi connectivity index (χ1n) is 8.69. The number of hydrogen-bond donors (Lipinski definition) is 1. The van der Waals surface area contributed by atoms with Crippen LogP contribution in [0.2, 0.25) is 0 Å². The van der Waals surface area contributed by atoms with Crippen LogP contribution in [0.1, 0.15) is 57.4 Å². The zero-order chi connectivity index (χ0) is 14.9. The zero-order valence-corrected chi connectivity index (χ0v) is 13.7. The molecule has 1 saturated carbocycles. The quantitative estimate of drug-likeness (QED) is 0.756. The van der Waals surface area contributed by atoms with Gasteiger partial charge in [0.1, 0.15) is 5.75 Å². The fourth-order valence-corrected chi connectivity index (χ4v) is 3.49. The van der Waals surface area contributed by atoms with Gasteiger partial charge in [0.2, 0.25) is 0 Å². The van der Waals surface area contributed by atoms with Crippen LogP contribution in [-0.4, -0.2) is 19.7 Å². The summed E-state index contributed by atoms with van der Waals surface area (Å²) >= 11 is 0. The van der Waals surface area contributed by atoms with Crippen LogP contribution in [0.3, 0.4) is 0 Å². The summed E-state index contributed by atoms with van der Waals surface area (Å²) in [5, 5.41) is 3.81. The molecule has 1 N–H and O–H groups in total. The van der Waals surface area contributed by atoms with Gasteiger partial charge < -0.3 is 10.1 Å². The molecule has 2 rings (SSSR count). The van der Waals surface area contributed by atoms with E-state index >= 15 is 0 Å². The monoisotopic (exact) mass is 289 g/mol. The number of aryl methyl sites for hydroxylation is 1. The molecule has 1 fully saturated rings. The van der Waals surface area contributed by atoms with E-state index < -0.39 is 0 Å². The Morgan fingerprint density at radius 2 is 1.86 bits per heavy atom. The molecule has 1 aromatic rings. The molecule has 0 spiro atoms. The van der Waals surface area contributed by atoms with Crippen LogP contribution in [0, 0.1) is 5.92 Å². The highest BCUT2D eigenvalue weighted by atomic mass is 16.5. The lowest BCUT2D eigenvalue weighted by molar-refractivity contribution is 0.258. The van der Waals surface area contributed by atoms with Gasteiger partial charge >= 0.3 is 0 Å². The maximum absolute atomic E-state index is 5.23. The Bertz CT molecular complexity index is 381. The molecule has 0 bridgehead atoms. The molecule has 21 heavy (non-hydrogen) atoms. The average Bonchev–Trinajstić information content (AvgIpc) is 2.56. The van der Waals surface area contributed by atoms with E-state index in [1.165, 1.54) is 56.9 Å². The van der Waals surface area contributed by atoms with Crippen LogP contribution in [0.15, 0.2) is 24.3 Å². The Morgan fingerprint density at radius 1 is 1.14 bits per heavy atom. The van der Waals surface area contributed by atoms with Crippen molar-refractivity contribution in [3.63, 3.8) is 0 Å². The molecule has 1 aromatic carbocycles. The van der Waals surface area contributed by atoms with Gasteiger partial charge in [-0.25, -0.2) is 0 Å². The van der Waals surface area contributed by atoms with E-state index in [1.807, 2.05) is 0 Å². The van der Waals surface area contributed by atoms with Gasteiger partial charge in [0.05, 0.1) is 7.11 Å². The highest BCUT2D eigenvalue weighted by molar-refractivity contribution is 5.27. The fourth-order valence-electron chi connectivity index (χ4n) is 3.49. The average molecular weight is 289 g/mol. The third-order valence-corrected chi connectivity index (χ3v) is 4.78. The summed E-state index contributed by atoms with van der Waals surface area (Å²) in [6.07, 6.45) is 10.8. The van der Waals surface area contributed by atoms with Gasteiger partial charge in [-0.05, 0) is 62.3 Å². The Morgan fingerprint density at radius 3 is 2.48 bits per heavy atom. The van der Waals surface area contributed by atoms with Gasteiger partial charge in [0.25, 0.3) is 0 Å². The van der Waals surface area contributed by atoms with Crippen LogP contribution in [0.25, 0.3) is 0 Å². The maximum atomic E-state index is 5.23. The maximum Gasteiger partial charge on any atom is 0.118 e. The van der Waals surface area contributed by atoms with Gasteiger partial charge in [0.15, 0.2) is 0 Å². The minimum Gasteiger partial charge on any atom is -0.497 e. The van der Waals surface area contributed by atoms with E-state index in [2.05, 4.69) is 36.5 Å². The number of rotatable bonds is 8. The van der Waals surface area contributed by atoms with E-state index in [-0.39, 0.29) is 0 Å². The third-order valence-electron chi connectivity index (χ3n) is 4.78. The van der Waals surface area contributed by atoms with Crippen molar-refractivity contribution in [2.45, 2.75) is 64.3 Å². The number of methoxy groups -OCH3 is 1. The van der Waals surface area contributed by atoms with Gasteiger partial charge in [-0.2, -0.15) is 0 Å². The number of benzene rings is 1. The predicted molar refractivity (Wildman–Crippen MR) is 90.0 cm³/mol. The van der Waals surface area contributed by atoms with Gasteiger partial charge in [0, 0.05) is 6.04 Å². The lowest BCUT2D eigenvalue weighted by Gasteiger charge is -2.31. The van der Waals surface area contributed by atoms with E-state index in [0.717, 1.165) is 18.2 Å². The summed E-state index contributed by atoms with van der Waals surface area (Å²) < 4.78 is 5.23. The minimum atomic E-state index is 0.701. The summed E-state index contributed by atoms with van der Waals surface area (Å²) in [6, 6.07) is 9.26. The fraction of sp³-hybridized carbons (Fsp3) is 0.684. The number of hydrogen-bond acceptors (Lipinski definition) is 2. The molecule has 1 unspecified atom stereocenters. The molecular weight excluding hydrogens is 258 g/mol. The molecule has 0 heterocycles. The van der Waals surface area contributed by atoms with Crippen molar-refractivity contribution in [1.29, 1.82) is 0 Å². The Kier molecular flexibility index (Phi) is 7.08. The minimum absolute atomic E-state index is 0.701. The topological polar surface area (TPSA) is 21.3 Å². The lowest BCUT2D eigenvalue weighted by Crippen LogP contribution is -2.38. The van der Waals surface area contributed by atoms with Gasteiger partial charge in [-0.1, -0.05) is 38.3 Å². The molecule has 2 nitrogen and oxygen atoms in total. The van der Waals surface area contributed by atoms with Crippen LogP contribution in [0.4, 0.5) is 0 Å². The van der Waals surface area contributed by atoms with E-state index in [9.17, 15) is 0 Å². The molecule has 0 saturated heterocycles. The third kappa shape index (κ3) is 5.35. The highest BCUT2D eigenvalue weighted by Crippen LogP contribution is 2.28. The first-order valence-corrected chi connectivity index (χ1v) is 8.69. The summed E-state index contributed by atoms with van der Waals surface area (Å²) in [5.74, 6) is 1.84.